The molecule has 1 rings (SSSR count). The lowest BCUT2D eigenvalue weighted by molar-refractivity contribution is 0.104. The van der Waals surface area contributed by atoms with E-state index in [-0.39, 0.29) is 11.5 Å². The summed E-state index contributed by atoms with van der Waals surface area (Å²) in [4.78, 5) is 11.1. The van der Waals surface area contributed by atoms with Crippen LogP contribution in [0.2, 0.25) is 0 Å². The van der Waals surface area contributed by atoms with E-state index in [1.54, 1.807) is 0 Å². The lowest BCUT2D eigenvalue weighted by atomic mass is 10.1. The summed E-state index contributed by atoms with van der Waals surface area (Å²) >= 11 is 0. The predicted molar refractivity (Wildman–Crippen MR) is 51.8 cm³/mol. The molecule has 14 heavy (non-hydrogen) atoms. The molecule has 1 aromatic rings. The number of allylic oxidation sites excluding steroid dienone is 1. The SMILES string of the molecule is C=CC(=O)c1ccc(OB(O)O)cc1. The molecule has 0 aliphatic carbocycles. The van der Waals surface area contributed by atoms with Gasteiger partial charge in [-0.1, -0.05) is 6.58 Å². The summed E-state index contributed by atoms with van der Waals surface area (Å²) in [6, 6.07) is 5.97. The van der Waals surface area contributed by atoms with Crippen molar-refractivity contribution >= 4 is 13.1 Å². The van der Waals surface area contributed by atoms with E-state index in [0.29, 0.717) is 5.56 Å². The van der Waals surface area contributed by atoms with Crippen LogP contribution in [-0.4, -0.2) is 23.2 Å². The third kappa shape index (κ3) is 2.72. The number of hydrogen-bond acceptors (Lipinski definition) is 4. The van der Waals surface area contributed by atoms with E-state index in [2.05, 4.69) is 11.2 Å². The summed E-state index contributed by atoms with van der Waals surface area (Å²) in [5.74, 6) is 0.0849. The summed E-state index contributed by atoms with van der Waals surface area (Å²) in [5, 5.41) is 17.0. The van der Waals surface area contributed by atoms with Gasteiger partial charge in [0.15, 0.2) is 5.78 Å². The van der Waals surface area contributed by atoms with Gasteiger partial charge in [0.05, 0.1) is 0 Å². The highest BCUT2D eigenvalue weighted by atomic mass is 16.6. The minimum atomic E-state index is -1.85. The first-order valence-electron chi connectivity index (χ1n) is 3.93. The van der Waals surface area contributed by atoms with Crippen molar-refractivity contribution in [2.24, 2.45) is 0 Å². The van der Waals surface area contributed by atoms with Gasteiger partial charge >= 0.3 is 7.32 Å². The van der Waals surface area contributed by atoms with Crippen molar-refractivity contribution in [1.82, 2.24) is 0 Å². The molecular weight excluding hydrogens is 183 g/mol. The van der Waals surface area contributed by atoms with Crippen molar-refractivity contribution in [3.8, 4) is 5.75 Å². The fourth-order valence-electron chi connectivity index (χ4n) is 0.937. The van der Waals surface area contributed by atoms with E-state index in [0.717, 1.165) is 0 Å². The highest BCUT2D eigenvalue weighted by Gasteiger charge is 2.10. The standard InChI is InChI=1S/C9H9BO4/c1-2-9(11)7-3-5-8(6-4-7)14-10(12)13/h2-6,12-13H,1H2. The second-order valence-corrected chi connectivity index (χ2v) is 2.54. The Hall–Kier alpha value is -1.59. The van der Waals surface area contributed by atoms with Gasteiger partial charge in [0.25, 0.3) is 0 Å². The number of carbonyl (C=O) groups excluding carboxylic acids is 1. The van der Waals surface area contributed by atoms with Gasteiger partial charge in [-0.25, -0.2) is 0 Å². The van der Waals surface area contributed by atoms with E-state index in [1.807, 2.05) is 0 Å². The Labute approximate surface area is 81.6 Å². The van der Waals surface area contributed by atoms with Crippen LogP contribution in [0.15, 0.2) is 36.9 Å². The van der Waals surface area contributed by atoms with Gasteiger partial charge in [-0.05, 0) is 30.3 Å². The zero-order chi connectivity index (χ0) is 10.6. The van der Waals surface area contributed by atoms with Crippen molar-refractivity contribution < 1.29 is 19.5 Å². The Balaban J connectivity index is 2.78. The van der Waals surface area contributed by atoms with Crippen LogP contribution < -0.4 is 4.65 Å². The van der Waals surface area contributed by atoms with E-state index >= 15 is 0 Å². The smallest absolute Gasteiger partial charge is 0.512 e. The molecule has 0 saturated carbocycles. The molecule has 0 spiro atoms. The van der Waals surface area contributed by atoms with Gasteiger partial charge in [-0.15, -0.1) is 0 Å². The maximum Gasteiger partial charge on any atom is 0.707 e. The fourth-order valence-corrected chi connectivity index (χ4v) is 0.937. The highest BCUT2D eigenvalue weighted by molar-refractivity contribution is 6.33. The maximum atomic E-state index is 11.1. The van der Waals surface area contributed by atoms with E-state index < -0.39 is 7.32 Å². The first kappa shape index (κ1) is 10.5. The zero-order valence-electron chi connectivity index (χ0n) is 7.38. The fraction of sp³-hybridized carbons (Fsp3) is 0. The summed E-state index contributed by atoms with van der Waals surface area (Å²) in [6.07, 6.45) is 1.21. The van der Waals surface area contributed by atoms with Crippen LogP contribution in [-0.2, 0) is 0 Å². The van der Waals surface area contributed by atoms with Gasteiger partial charge in [0, 0.05) is 5.56 Å². The molecule has 0 unspecified atom stereocenters. The Morgan fingerprint density at radius 3 is 2.36 bits per heavy atom. The molecule has 0 radical (unpaired) electrons. The van der Waals surface area contributed by atoms with Gasteiger partial charge < -0.3 is 14.7 Å². The summed E-state index contributed by atoms with van der Waals surface area (Å²) < 4.78 is 4.56. The molecule has 2 N–H and O–H groups in total. The number of rotatable bonds is 4. The van der Waals surface area contributed by atoms with Gasteiger partial charge in [-0.2, -0.15) is 0 Å². The summed E-state index contributed by atoms with van der Waals surface area (Å²) in [5.41, 5.74) is 0.472. The molecule has 0 saturated heterocycles. The van der Waals surface area contributed by atoms with E-state index in [9.17, 15) is 4.79 Å². The second-order valence-electron chi connectivity index (χ2n) is 2.54. The average Bonchev–Trinajstić information content (AvgIpc) is 2.17. The van der Waals surface area contributed by atoms with Gasteiger partial charge in [0.1, 0.15) is 5.75 Å². The Morgan fingerprint density at radius 2 is 1.93 bits per heavy atom. The molecule has 0 fully saturated rings. The van der Waals surface area contributed by atoms with Crippen molar-refractivity contribution in [2.75, 3.05) is 0 Å². The molecule has 0 aromatic heterocycles. The summed E-state index contributed by atoms with van der Waals surface area (Å²) in [6.45, 7) is 3.35. The third-order valence-corrected chi connectivity index (χ3v) is 1.57. The van der Waals surface area contributed by atoms with Crippen molar-refractivity contribution in [3.63, 3.8) is 0 Å². The normalized spacial score (nSPS) is 9.29. The van der Waals surface area contributed by atoms with Crippen LogP contribution in [0.25, 0.3) is 0 Å². The minimum absolute atomic E-state index is 0.193. The number of hydrogen-bond donors (Lipinski definition) is 2. The van der Waals surface area contributed by atoms with Crippen molar-refractivity contribution in [3.05, 3.63) is 42.5 Å². The summed E-state index contributed by atoms with van der Waals surface area (Å²) in [7, 11) is -1.85. The van der Waals surface area contributed by atoms with Crippen molar-refractivity contribution in [1.29, 1.82) is 0 Å². The monoisotopic (exact) mass is 192 g/mol. The molecule has 0 heterocycles. The quantitative estimate of drug-likeness (QED) is 0.411. The van der Waals surface area contributed by atoms with Crippen LogP contribution in [0, 0.1) is 0 Å². The molecule has 1 aromatic carbocycles. The Bertz CT molecular complexity index is 331. The second kappa shape index (κ2) is 4.60. The highest BCUT2D eigenvalue weighted by Crippen LogP contribution is 2.12. The Kier molecular flexibility index (Phi) is 3.44. The zero-order valence-corrected chi connectivity index (χ0v) is 7.38. The average molecular weight is 192 g/mol. The van der Waals surface area contributed by atoms with E-state index in [4.69, 9.17) is 10.0 Å². The number of ketones is 1. The largest absolute Gasteiger partial charge is 0.707 e. The van der Waals surface area contributed by atoms with Gasteiger partial charge in [-0.3, -0.25) is 4.79 Å². The number of benzene rings is 1. The van der Waals surface area contributed by atoms with E-state index in [1.165, 1.54) is 30.3 Å². The van der Waals surface area contributed by atoms with Gasteiger partial charge in [0.2, 0.25) is 0 Å². The van der Waals surface area contributed by atoms with Crippen LogP contribution in [0.4, 0.5) is 0 Å². The first-order chi connectivity index (χ1) is 6.63. The molecule has 0 amide bonds. The minimum Gasteiger partial charge on any atom is -0.512 e. The molecule has 0 aliphatic rings. The Morgan fingerprint density at radius 1 is 1.36 bits per heavy atom. The molecule has 0 aliphatic heterocycles. The molecule has 0 atom stereocenters. The predicted octanol–water partition coefficient (Wildman–Crippen LogP) is 0.404. The maximum absolute atomic E-state index is 11.1. The lowest BCUT2D eigenvalue weighted by Gasteiger charge is -2.04. The number of carbonyl (C=O) groups is 1. The first-order valence-corrected chi connectivity index (χ1v) is 3.93. The molecule has 72 valence electrons. The molecule has 4 nitrogen and oxygen atoms in total. The third-order valence-electron chi connectivity index (χ3n) is 1.57. The molecule has 0 bridgehead atoms. The van der Waals surface area contributed by atoms with Crippen LogP contribution in [0.5, 0.6) is 5.75 Å². The molecular formula is C9H9BO4. The van der Waals surface area contributed by atoms with Crippen LogP contribution >= 0.6 is 0 Å². The molecule has 5 heteroatoms. The lowest BCUT2D eigenvalue weighted by Crippen LogP contribution is -2.20. The van der Waals surface area contributed by atoms with Crippen LogP contribution in [0.1, 0.15) is 10.4 Å². The topological polar surface area (TPSA) is 66.8 Å². The van der Waals surface area contributed by atoms with Crippen LogP contribution in [0.3, 0.4) is 0 Å². The van der Waals surface area contributed by atoms with Crippen molar-refractivity contribution in [2.45, 2.75) is 0 Å².